The fraction of sp³-hybridized carbons (Fsp3) is 0.111. The Hall–Kier alpha value is -0.870. The number of halogens is 2. The molecule has 0 amide bonds. The van der Waals surface area contributed by atoms with Crippen molar-refractivity contribution in [1.82, 2.24) is 9.97 Å². The lowest BCUT2D eigenvalue weighted by Gasteiger charge is -2.00. The van der Waals surface area contributed by atoms with Gasteiger partial charge in [-0.05, 0) is 28.1 Å². The summed E-state index contributed by atoms with van der Waals surface area (Å²) >= 11 is 3.22. The van der Waals surface area contributed by atoms with E-state index >= 15 is 0 Å². The van der Waals surface area contributed by atoms with E-state index in [1.807, 2.05) is 18.2 Å². The third-order valence-corrected chi connectivity index (χ3v) is 2.14. The van der Waals surface area contributed by atoms with E-state index in [0.717, 1.165) is 16.7 Å². The molecule has 0 aliphatic heterocycles. The van der Waals surface area contributed by atoms with Gasteiger partial charge in [-0.2, -0.15) is 0 Å². The van der Waals surface area contributed by atoms with E-state index in [4.69, 9.17) is 4.74 Å². The minimum absolute atomic E-state index is 0. The van der Waals surface area contributed by atoms with Gasteiger partial charge in [-0.25, -0.2) is 9.97 Å². The quantitative estimate of drug-likeness (QED) is 0.751. The fourth-order valence-electron chi connectivity index (χ4n) is 1.11. The zero-order valence-corrected chi connectivity index (χ0v) is 9.80. The Morgan fingerprint density at radius 1 is 1.36 bits per heavy atom. The van der Waals surface area contributed by atoms with Crippen LogP contribution in [0, 0.1) is 0 Å². The maximum absolute atomic E-state index is 5.09. The molecule has 0 aliphatic rings. The van der Waals surface area contributed by atoms with Gasteiger partial charge in [0, 0.05) is 17.6 Å². The van der Waals surface area contributed by atoms with Crippen LogP contribution in [-0.4, -0.2) is 17.1 Å². The van der Waals surface area contributed by atoms with Crippen LogP contribution in [0.5, 0.6) is 5.75 Å². The Morgan fingerprint density at radius 3 is 2.86 bits per heavy atom. The van der Waals surface area contributed by atoms with E-state index in [-0.39, 0.29) is 12.4 Å². The van der Waals surface area contributed by atoms with Gasteiger partial charge < -0.3 is 4.74 Å². The van der Waals surface area contributed by atoms with Crippen LogP contribution in [0.3, 0.4) is 0 Å². The van der Waals surface area contributed by atoms with Crippen molar-refractivity contribution in [1.29, 1.82) is 0 Å². The molecule has 3 nitrogen and oxygen atoms in total. The van der Waals surface area contributed by atoms with E-state index < -0.39 is 0 Å². The van der Waals surface area contributed by atoms with Crippen LogP contribution >= 0.6 is 28.3 Å². The Balaban J connectivity index is 0.000000980. The molecule has 0 saturated heterocycles. The highest BCUT2D eigenvalue weighted by atomic mass is 79.9. The summed E-state index contributed by atoms with van der Waals surface area (Å²) in [5.41, 5.74) is 0.876. The maximum atomic E-state index is 5.09. The van der Waals surface area contributed by atoms with Crippen molar-refractivity contribution in [2.24, 2.45) is 0 Å². The highest BCUT2D eigenvalue weighted by Gasteiger charge is 1.98. The summed E-state index contributed by atoms with van der Waals surface area (Å²) in [5.74, 6) is 0.804. The first-order valence-electron chi connectivity index (χ1n) is 3.76. The number of fused-ring (bicyclic) bond motifs is 1. The smallest absolute Gasteiger partial charge is 0.197 e. The number of methoxy groups -OCH3 is 1. The van der Waals surface area contributed by atoms with Gasteiger partial charge in [0.25, 0.3) is 0 Å². The minimum Gasteiger partial charge on any atom is -0.497 e. The molecule has 1 aromatic heterocycles. The van der Waals surface area contributed by atoms with Gasteiger partial charge in [0.1, 0.15) is 5.75 Å². The first kappa shape index (κ1) is 11.2. The summed E-state index contributed by atoms with van der Waals surface area (Å²) < 4.78 is 5.68. The predicted molar refractivity (Wildman–Crippen MR) is 61.0 cm³/mol. The molecule has 0 atom stereocenters. The molecule has 0 unspecified atom stereocenters. The van der Waals surface area contributed by atoms with Crippen molar-refractivity contribution in [2.75, 3.05) is 7.11 Å². The zero-order chi connectivity index (χ0) is 9.26. The van der Waals surface area contributed by atoms with Crippen LogP contribution < -0.4 is 4.74 Å². The standard InChI is InChI=1S/C9H7BrN2O.ClH/c1-13-7-3-2-6-5-11-9(10)12-8(6)4-7;/h2-5H,1H3;1H. The molecule has 0 spiro atoms. The van der Waals surface area contributed by atoms with Crippen molar-refractivity contribution >= 4 is 39.2 Å². The third-order valence-electron chi connectivity index (χ3n) is 1.76. The summed E-state index contributed by atoms with van der Waals surface area (Å²) in [4.78, 5) is 8.24. The van der Waals surface area contributed by atoms with Gasteiger partial charge in [0.2, 0.25) is 0 Å². The normalized spacial score (nSPS) is 9.57. The van der Waals surface area contributed by atoms with E-state index in [9.17, 15) is 0 Å². The van der Waals surface area contributed by atoms with Crippen LogP contribution in [0.2, 0.25) is 0 Å². The highest BCUT2D eigenvalue weighted by molar-refractivity contribution is 9.10. The van der Waals surface area contributed by atoms with Crippen molar-refractivity contribution in [3.8, 4) is 5.75 Å². The largest absolute Gasteiger partial charge is 0.497 e. The summed E-state index contributed by atoms with van der Waals surface area (Å²) in [7, 11) is 1.64. The molecule has 2 rings (SSSR count). The fourth-order valence-corrected chi connectivity index (χ4v) is 1.40. The Bertz CT molecular complexity index is 450. The molecule has 1 heterocycles. The monoisotopic (exact) mass is 274 g/mol. The van der Waals surface area contributed by atoms with Gasteiger partial charge in [0.05, 0.1) is 12.6 Å². The number of benzene rings is 1. The molecule has 5 heteroatoms. The molecule has 2 aromatic rings. The van der Waals surface area contributed by atoms with Gasteiger partial charge in [-0.3, -0.25) is 0 Å². The minimum atomic E-state index is 0. The number of hydrogen-bond acceptors (Lipinski definition) is 3. The van der Waals surface area contributed by atoms with Gasteiger partial charge >= 0.3 is 0 Å². The highest BCUT2D eigenvalue weighted by Crippen LogP contribution is 2.19. The summed E-state index contributed by atoms with van der Waals surface area (Å²) in [6.45, 7) is 0. The molecule has 1 aromatic carbocycles. The number of ether oxygens (including phenoxy) is 1. The molecule has 0 saturated carbocycles. The van der Waals surface area contributed by atoms with Crippen LogP contribution in [0.1, 0.15) is 0 Å². The third kappa shape index (κ3) is 2.13. The van der Waals surface area contributed by atoms with Crippen LogP contribution in [0.15, 0.2) is 29.1 Å². The first-order chi connectivity index (χ1) is 6.29. The Labute approximate surface area is 96.1 Å². The second-order valence-electron chi connectivity index (χ2n) is 2.56. The molecule has 0 bridgehead atoms. The average molecular weight is 276 g/mol. The molecular formula is C9H8BrClN2O. The van der Waals surface area contributed by atoms with Gasteiger partial charge in [0.15, 0.2) is 4.73 Å². The lowest BCUT2D eigenvalue weighted by Crippen LogP contribution is -1.86. The number of nitrogens with zero attached hydrogens (tertiary/aromatic N) is 2. The number of aromatic nitrogens is 2. The number of rotatable bonds is 1. The second kappa shape index (κ2) is 4.57. The molecule has 74 valence electrons. The van der Waals surface area contributed by atoms with E-state index in [1.165, 1.54) is 0 Å². The van der Waals surface area contributed by atoms with E-state index in [0.29, 0.717) is 4.73 Å². The van der Waals surface area contributed by atoms with Crippen molar-refractivity contribution < 1.29 is 4.74 Å². The zero-order valence-electron chi connectivity index (χ0n) is 7.40. The van der Waals surface area contributed by atoms with Crippen molar-refractivity contribution in [3.63, 3.8) is 0 Å². The van der Waals surface area contributed by atoms with Gasteiger partial charge in [-0.1, -0.05) is 0 Å². The Morgan fingerprint density at radius 2 is 2.14 bits per heavy atom. The van der Waals surface area contributed by atoms with Crippen LogP contribution in [0.25, 0.3) is 10.9 Å². The van der Waals surface area contributed by atoms with E-state index in [1.54, 1.807) is 13.3 Å². The predicted octanol–water partition coefficient (Wildman–Crippen LogP) is 2.82. The number of hydrogen-bond donors (Lipinski definition) is 0. The molecule has 0 radical (unpaired) electrons. The second-order valence-corrected chi connectivity index (χ2v) is 3.27. The molecular weight excluding hydrogens is 267 g/mol. The van der Waals surface area contributed by atoms with Gasteiger partial charge in [-0.15, -0.1) is 12.4 Å². The SMILES string of the molecule is COc1ccc2cnc(Br)nc2c1.Cl. The molecule has 0 fully saturated rings. The molecule has 0 aliphatic carbocycles. The lowest BCUT2D eigenvalue weighted by molar-refractivity contribution is 0.415. The van der Waals surface area contributed by atoms with Crippen LogP contribution in [0.4, 0.5) is 0 Å². The Kier molecular flexibility index (Phi) is 3.66. The summed E-state index contributed by atoms with van der Waals surface area (Å²) in [5, 5.41) is 1.00. The molecule has 0 N–H and O–H groups in total. The lowest BCUT2D eigenvalue weighted by atomic mass is 10.2. The maximum Gasteiger partial charge on any atom is 0.197 e. The summed E-state index contributed by atoms with van der Waals surface area (Å²) in [6.07, 6.45) is 1.77. The van der Waals surface area contributed by atoms with Crippen LogP contribution in [-0.2, 0) is 0 Å². The van der Waals surface area contributed by atoms with Crippen molar-refractivity contribution in [3.05, 3.63) is 29.1 Å². The topological polar surface area (TPSA) is 35.0 Å². The molecule has 14 heavy (non-hydrogen) atoms. The summed E-state index contributed by atoms with van der Waals surface area (Å²) in [6, 6.07) is 5.70. The van der Waals surface area contributed by atoms with Crippen molar-refractivity contribution in [2.45, 2.75) is 0 Å². The average Bonchev–Trinajstić information content (AvgIpc) is 2.16. The first-order valence-corrected chi connectivity index (χ1v) is 4.55. The van der Waals surface area contributed by atoms with E-state index in [2.05, 4.69) is 25.9 Å².